The lowest BCUT2D eigenvalue weighted by Crippen LogP contribution is -2.49. The summed E-state index contributed by atoms with van der Waals surface area (Å²) in [6.45, 7) is 4.17. The molecule has 0 radical (unpaired) electrons. The van der Waals surface area contributed by atoms with Crippen LogP contribution in [0.5, 0.6) is 0 Å². The van der Waals surface area contributed by atoms with Gasteiger partial charge in [0.15, 0.2) is 5.96 Å². The highest BCUT2D eigenvalue weighted by atomic mass is 15.2. The monoisotopic (exact) mass is 335 g/mol. The summed E-state index contributed by atoms with van der Waals surface area (Å²) in [4.78, 5) is 4.93. The Morgan fingerprint density at radius 3 is 2.00 bits per heavy atom. The molecule has 5 heteroatoms. The van der Waals surface area contributed by atoms with Crippen molar-refractivity contribution in [3.63, 3.8) is 0 Å². The second-order valence-electron chi connectivity index (χ2n) is 7.83. The summed E-state index contributed by atoms with van der Waals surface area (Å²) in [6, 6.07) is 1.83. The minimum Gasteiger partial charge on any atom is -0.354 e. The first-order valence-electron chi connectivity index (χ1n) is 10.4. The zero-order valence-electron chi connectivity index (χ0n) is 15.3. The zero-order valence-corrected chi connectivity index (χ0v) is 15.3. The standard InChI is InChI=1S/C19H37N5/c1-3-7-16(8-4-1)23-19(24-17-9-5-2-6-10-17)22-12-11-18-15-20-13-14-21-18/h16-18,20-21H,1-15H2,(H2,22,23,24). The second kappa shape index (κ2) is 10.2. The number of aliphatic imine (C=N–C) groups is 1. The van der Waals surface area contributed by atoms with E-state index >= 15 is 0 Å². The van der Waals surface area contributed by atoms with Crippen molar-refractivity contribution in [3.8, 4) is 0 Å². The molecular formula is C19H37N5. The molecule has 24 heavy (non-hydrogen) atoms. The Balaban J connectivity index is 1.49. The van der Waals surface area contributed by atoms with Crippen molar-refractivity contribution in [2.75, 3.05) is 26.2 Å². The highest BCUT2D eigenvalue weighted by Gasteiger charge is 2.19. The fraction of sp³-hybridized carbons (Fsp3) is 0.947. The minimum absolute atomic E-state index is 0.577. The van der Waals surface area contributed by atoms with Gasteiger partial charge in [0, 0.05) is 44.3 Å². The maximum absolute atomic E-state index is 4.93. The molecule has 1 heterocycles. The summed E-state index contributed by atoms with van der Waals surface area (Å²) in [6.07, 6.45) is 14.6. The van der Waals surface area contributed by atoms with Crippen LogP contribution in [-0.4, -0.2) is 50.3 Å². The lowest BCUT2D eigenvalue weighted by Gasteiger charge is -2.29. The first-order valence-corrected chi connectivity index (χ1v) is 10.4. The molecule has 138 valence electrons. The lowest BCUT2D eigenvalue weighted by molar-refractivity contribution is 0.386. The van der Waals surface area contributed by atoms with Crippen LogP contribution in [0.3, 0.4) is 0 Å². The van der Waals surface area contributed by atoms with Gasteiger partial charge < -0.3 is 21.3 Å². The van der Waals surface area contributed by atoms with E-state index in [1.165, 1.54) is 64.2 Å². The molecular weight excluding hydrogens is 298 g/mol. The third-order valence-electron chi connectivity index (χ3n) is 5.77. The summed E-state index contributed by atoms with van der Waals surface area (Å²) in [7, 11) is 0. The molecule has 3 aliphatic rings. The Morgan fingerprint density at radius 2 is 1.46 bits per heavy atom. The quantitative estimate of drug-likeness (QED) is 0.459. The summed E-state index contributed by atoms with van der Waals surface area (Å²) < 4.78 is 0. The molecule has 0 amide bonds. The largest absolute Gasteiger partial charge is 0.354 e. The van der Waals surface area contributed by atoms with Gasteiger partial charge in [-0.2, -0.15) is 0 Å². The fourth-order valence-corrected chi connectivity index (χ4v) is 4.26. The second-order valence-corrected chi connectivity index (χ2v) is 7.83. The Bertz CT molecular complexity index is 344. The van der Waals surface area contributed by atoms with Crippen LogP contribution in [0.15, 0.2) is 4.99 Å². The molecule has 3 rings (SSSR count). The van der Waals surface area contributed by atoms with Crippen LogP contribution in [0.1, 0.15) is 70.6 Å². The van der Waals surface area contributed by atoms with Crippen molar-refractivity contribution in [3.05, 3.63) is 0 Å². The van der Waals surface area contributed by atoms with E-state index in [0.717, 1.165) is 38.6 Å². The fourth-order valence-electron chi connectivity index (χ4n) is 4.26. The van der Waals surface area contributed by atoms with E-state index in [9.17, 15) is 0 Å². The Kier molecular flexibility index (Phi) is 7.68. The van der Waals surface area contributed by atoms with E-state index in [2.05, 4.69) is 21.3 Å². The number of rotatable bonds is 5. The summed E-state index contributed by atoms with van der Waals surface area (Å²) in [5, 5.41) is 14.5. The summed E-state index contributed by atoms with van der Waals surface area (Å²) in [5.74, 6) is 1.08. The Morgan fingerprint density at radius 1 is 0.833 bits per heavy atom. The number of hydrogen-bond acceptors (Lipinski definition) is 3. The van der Waals surface area contributed by atoms with Crippen molar-refractivity contribution in [1.29, 1.82) is 0 Å². The molecule has 2 saturated carbocycles. The van der Waals surface area contributed by atoms with Gasteiger partial charge in [-0.25, -0.2) is 0 Å². The molecule has 4 N–H and O–H groups in total. The molecule has 0 aromatic rings. The topological polar surface area (TPSA) is 60.5 Å². The van der Waals surface area contributed by atoms with Crippen LogP contribution >= 0.6 is 0 Å². The number of nitrogens with zero attached hydrogens (tertiary/aromatic N) is 1. The highest BCUT2D eigenvalue weighted by molar-refractivity contribution is 5.80. The average molecular weight is 336 g/mol. The number of guanidine groups is 1. The van der Waals surface area contributed by atoms with Crippen LogP contribution in [-0.2, 0) is 0 Å². The van der Waals surface area contributed by atoms with E-state index in [4.69, 9.17) is 4.99 Å². The number of nitrogens with one attached hydrogen (secondary N) is 4. The van der Waals surface area contributed by atoms with Gasteiger partial charge in [0.25, 0.3) is 0 Å². The molecule has 2 aliphatic carbocycles. The van der Waals surface area contributed by atoms with Gasteiger partial charge in [0.1, 0.15) is 0 Å². The zero-order chi connectivity index (χ0) is 16.5. The average Bonchev–Trinajstić information content (AvgIpc) is 2.64. The SMILES string of the molecule is C1CCC(NC(=NCCC2CNCCN2)NC2CCCCC2)CC1. The maximum atomic E-state index is 4.93. The normalized spacial score (nSPS) is 26.8. The van der Waals surface area contributed by atoms with Crippen LogP contribution in [0.4, 0.5) is 0 Å². The molecule has 1 unspecified atom stereocenters. The van der Waals surface area contributed by atoms with E-state index in [1.54, 1.807) is 0 Å². The predicted octanol–water partition coefficient (Wildman–Crippen LogP) is 2.14. The predicted molar refractivity (Wildman–Crippen MR) is 102 cm³/mol. The molecule has 1 atom stereocenters. The Labute approximate surface area is 147 Å². The molecule has 0 spiro atoms. The third-order valence-corrected chi connectivity index (χ3v) is 5.77. The molecule has 0 aromatic heterocycles. The first kappa shape index (κ1) is 18.0. The van der Waals surface area contributed by atoms with Crippen LogP contribution < -0.4 is 21.3 Å². The van der Waals surface area contributed by atoms with Gasteiger partial charge in [0.2, 0.25) is 0 Å². The van der Waals surface area contributed by atoms with E-state index in [0.29, 0.717) is 18.1 Å². The summed E-state index contributed by atoms with van der Waals surface area (Å²) >= 11 is 0. The van der Waals surface area contributed by atoms with Crippen molar-refractivity contribution in [1.82, 2.24) is 21.3 Å². The van der Waals surface area contributed by atoms with Crippen molar-refractivity contribution < 1.29 is 0 Å². The van der Waals surface area contributed by atoms with Crippen molar-refractivity contribution in [2.24, 2.45) is 4.99 Å². The van der Waals surface area contributed by atoms with Gasteiger partial charge >= 0.3 is 0 Å². The van der Waals surface area contributed by atoms with E-state index in [1.807, 2.05) is 0 Å². The third kappa shape index (κ3) is 6.25. The molecule has 0 bridgehead atoms. The Hall–Kier alpha value is -0.810. The molecule has 0 aromatic carbocycles. The van der Waals surface area contributed by atoms with Crippen LogP contribution in [0.2, 0.25) is 0 Å². The molecule has 5 nitrogen and oxygen atoms in total. The number of hydrogen-bond donors (Lipinski definition) is 4. The van der Waals surface area contributed by atoms with Gasteiger partial charge in [0.05, 0.1) is 0 Å². The number of piperazine rings is 1. The van der Waals surface area contributed by atoms with Gasteiger partial charge in [-0.3, -0.25) is 4.99 Å². The minimum atomic E-state index is 0.577. The maximum Gasteiger partial charge on any atom is 0.191 e. The van der Waals surface area contributed by atoms with Crippen LogP contribution in [0, 0.1) is 0 Å². The van der Waals surface area contributed by atoms with Crippen LogP contribution in [0.25, 0.3) is 0 Å². The lowest BCUT2D eigenvalue weighted by atomic mass is 9.95. The van der Waals surface area contributed by atoms with Gasteiger partial charge in [-0.15, -0.1) is 0 Å². The molecule has 1 aliphatic heterocycles. The van der Waals surface area contributed by atoms with Gasteiger partial charge in [-0.05, 0) is 32.1 Å². The van der Waals surface area contributed by atoms with E-state index < -0.39 is 0 Å². The van der Waals surface area contributed by atoms with E-state index in [-0.39, 0.29) is 0 Å². The van der Waals surface area contributed by atoms with Gasteiger partial charge in [-0.1, -0.05) is 38.5 Å². The highest BCUT2D eigenvalue weighted by Crippen LogP contribution is 2.19. The smallest absolute Gasteiger partial charge is 0.191 e. The molecule has 1 saturated heterocycles. The first-order chi connectivity index (χ1) is 11.9. The van der Waals surface area contributed by atoms with Crippen molar-refractivity contribution in [2.45, 2.75) is 88.8 Å². The molecule has 3 fully saturated rings. The van der Waals surface area contributed by atoms with Crippen molar-refractivity contribution >= 4 is 5.96 Å². The summed E-state index contributed by atoms with van der Waals surface area (Å²) in [5.41, 5.74) is 0.